The van der Waals surface area contributed by atoms with Gasteiger partial charge in [-0.1, -0.05) is 28.1 Å². The monoisotopic (exact) mass is 300 g/mol. The van der Waals surface area contributed by atoms with Crippen molar-refractivity contribution in [3.63, 3.8) is 0 Å². The van der Waals surface area contributed by atoms with Crippen molar-refractivity contribution in [1.82, 2.24) is 0 Å². The van der Waals surface area contributed by atoms with Gasteiger partial charge in [-0.2, -0.15) is 0 Å². The van der Waals surface area contributed by atoms with Gasteiger partial charge in [0, 0.05) is 5.33 Å². The molecule has 0 saturated heterocycles. The molecule has 0 bridgehead atoms. The Morgan fingerprint density at radius 3 is 2.59 bits per heavy atom. The number of rotatable bonds is 5. The Balaban J connectivity index is 2.90. The first-order valence-electron chi connectivity index (χ1n) is 5.44. The molecule has 1 aromatic carbocycles. The summed E-state index contributed by atoms with van der Waals surface area (Å²) in [5.41, 5.74) is 0.958. The van der Waals surface area contributed by atoms with Crippen molar-refractivity contribution in [2.75, 3.05) is 5.33 Å². The molecule has 1 N–H and O–H groups in total. The van der Waals surface area contributed by atoms with E-state index in [1.54, 1.807) is 13.8 Å². The SMILES string of the molecule is Cc1cc(CCBr)ccc1OC(C)(C)C(=O)O. The summed E-state index contributed by atoms with van der Waals surface area (Å²) in [6.45, 7) is 5.01. The van der Waals surface area contributed by atoms with Crippen molar-refractivity contribution in [3.05, 3.63) is 29.3 Å². The van der Waals surface area contributed by atoms with Crippen LogP contribution in [0.2, 0.25) is 0 Å². The quantitative estimate of drug-likeness (QED) is 0.850. The van der Waals surface area contributed by atoms with Crippen LogP contribution in [0.15, 0.2) is 18.2 Å². The summed E-state index contributed by atoms with van der Waals surface area (Å²) >= 11 is 3.39. The van der Waals surface area contributed by atoms with E-state index in [-0.39, 0.29) is 0 Å². The number of alkyl halides is 1. The van der Waals surface area contributed by atoms with Gasteiger partial charge in [-0.15, -0.1) is 0 Å². The van der Waals surface area contributed by atoms with Gasteiger partial charge in [0.15, 0.2) is 5.60 Å². The molecule has 1 aromatic rings. The van der Waals surface area contributed by atoms with Gasteiger partial charge in [0.2, 0.25) is 0 Å². The maximum atomic E-state index is 11.0. The number of hydrogen-bond acceptors (Lipinski definition) is 2. The van der Waals surface area contributed by atoms with E-state index in [2.05, 4.69) is 15.9 Å². The second-order valence-corrected chi connectivity index (χ2v) is 5.25. The van der Waals surface area contributed by atoms with Gasteiger partial charge in [0.05, 0.1) is 0 Å². The van der Waals surface area contributed by atoms with Crippen LogP contribution in [0.3, 0.4) is 0 Å². The highest BCUT2D eigenvalue weighted by molar-refractivity contribution is 9.09. The molecule has 0 spiro atoms. The third-order valence-corrected chi connectivity index (χ3v) is 2.90. The van der Waals surface area contributed by atoms with E-state index < -0.39 is 11.6 Å². The Bertz CT molecular complexity index is 413. The Morgan fingerprint density at radius 2 is 2.12 bits per heavy atom. The van der Waals surface area contributed by atoms with Gasteiger partial charge in [-0.25, -0.2) is 4.79 Å². The van der Waals surface area contributed by atoms with Crippen molar-refractivity contribution in [1.29, 1.82) is 0 Å². The molecule has 4 heteroatoms. The minimum Gasteiger partial charge on any atom is -0.478 e. The number of aliphatic carboxylic acids is 1. The molecule has 0 radical (unpaired) electrons. The number of hydrogen-bond donors (Lipinski definition) is 1. The molecule has 0 unspecified atom stereocenters. The second-order valence-electron chi connectivity index (χ2n) is 4.46. The number of aryl methyl sites for hydroxylation is 2. The van der Waals surface area contributed by atoms with Crippen LogP contribution in [0, 0.1) is 6.92 Å². The van der Waals surface area contributed by atoms with Crippen LogP contribution in [-0.2, 0) is 11.2 Å². The van der Waals surface area contributed by atoms with Gasteiger partial charge >= 0.3 is 5.97 Å². The molecule has 0 aliphatic carbocycles. The molecule has 0 aliphatic rings. The lowest BCUT2D eigenvalue weighted by atomic mass is 10.1. The van der Waals surface area contributed by atoms with Crippen LogP contribution in [0.25, 0.3) is 0 Å². The number of benzene rings is 1. The van der Waals surface area contributed by atoms with Crippen LogP contribution >= 0.6 is 15.9 Å². The fourth-order valence-corrected chi connectivity index (χ4v) is 1.87. The van der Waals surface area contributed by atoms with Crippen LogP contribution in [0.4, 0.5) is 0 Å². The summed E-state index contributed by atoms with van der Waals surface area (Å²) in [5, 5.41) is 9.91. The first kappa shape index (κ1) is 14.0. The third kappa shape index (κ3) is 3.73. The molecule has 0 aromatic heterocycles. The summed E-state index contributed by atoms with van der Waals surface area (Å²) in [7, 11) is 0. The van der Waals surface area contributed by atoms with Gasteiger partial charge in [-0.05, 0) is 44.4 Å². The average Bonchev–Trinajstić information content (AvgIpc) is 2.22. The molecule has 3 nitrogen and oxygen atoms in total. The summed E-state index contributed by atoms with van der Waals surface area (Å²) in [4.78, 5) is 11.0. The van der Waals surface area contributed by atoms with Gasteiger partial charge in [0.1, 0.15) is 5.75 Å². The molecule has 0 fully saturated rings. The highest BCUT2D eigenvalue weighted by atomic mass is 79.9. The van der Waals surface area contributed by atoms with E-state index in [9.17, 15) is 4.79 Å². The first-order chi connectivity index (χ1) is 7.86. The number of carbonyl (C=O) groups is 1. The maximum Gasteiger partial charge on any atom is 0.347 e. The van der Waals surface area contributed by atoms with E-state index in [4.69, 9.17) is 9.84 Å². The van der Waals surface area contributed by atoms with E-state index in [1.165, 1.54) is 5.56 Å². The molecule has 17 heavy (non-hydrogen) atoms. The lowest BCUT2D eigenvalue weighted by Crippen LogP contribution is -2.38. The summed E-state index contributed by atoms with van der Waals surface area (Å²) in [5.74, 6) is -0.350. The topological polar surface area (TPSA) is 46.5 Å². The molecule has 0 atom stereocenters. The maximum absolute atomic E-state index is 11.0. The molecule has 0 saturated carbocycles. The second kappa shape index (κ2) is 5.54. The van der Waals surface area contributed by atoms with E-state index in [0.29, 0.717) is 5.75 Å². The van der Waals surface area contributed by atoms with E-state index in [0.717, 1.165) is 17.3 Å². The highest BCUT2D eigenvalue weighted by Crippen LogP contribution is 2.24. The molecular formula is C13H17BrO3. The number of ether oxygens (including phenoxy) is 1. The smallest absolute Gasteiger partial charge is 0.347 e. The van der Waals surface area contributed by atoms with E-state index >= 15 is 0 Å². The average molecular weight is 301 g/mol. The van der Waals surface area contributed by atoms with Crippen LogP contribution in [-0.4, -0.2) is 22.0 Å². The predicted molar refractivity (Wildman–Crippen MR) is 71.0 cm³/mol. The third-order valence-electron chi connectivity index (χ3n) is 2.50. The zero-order valence-electron chi connectivity index (χ0n) is 10.3. The molecule has 0 aliphatic heterocycles. The van der Waals surface area contributed by atoms with Crippen LogP contribution in [0.1, 0.15) is 25.0 Å². The number of halogens is 1. The summed E-state index contributed by atoms with van der Waals surface area (Å²) in [6, 6.07) is 5.81. The van der Waals surface area contributed by atoms with Crippen LogP contribution < -0.4 is 4.74 Å². The standard InChI is InChI=1S/C13H17BrO3/c1-9-8-10(6-7-14)4-5-11(9)17-13(2,3)12(15)16/h4-5,8H,6-7H2,1-3H3,(H,15,16). The minimum atomic E-state index is -1.21. The Labute approximate surface area is 110 Å². The van der Waals surface area contributed by atoms with Gasteiger partial charge in [0.25, 0.3) is 0 Å². The van der Waals surface area contributed by atoms with E-state index in [1.807, 2.05) is 25.1 Å². The van der Waals surface area contributed by atoms with Gasteiger partial charge < -0.3 is 9.84 Å². The van der Waals surface area contributed by atoms with Crippen molar-refractivity contribution in [3.8, 4) is 5.75 Å². The van der Waals surface area contributed by atoms with Crippen LogP contribution in [0.5, 0.6) is 5.75 Å². The minimum absolute atomic E-state index is 0.621. The van der Waals surface area contributed by atoms with Crippen molar-refractivity contribution in [2.24, 2.45) is 0 Å². The van der Waals surface area contributed by atoms with Crippen molar-refractivity contribution >= 4 is 21.9 Å². The zero-order chi connectivity index (χ0) is 13.1. The highest BCUT2D eigenvalue weighted by Gasteiger charge is 2.29. The largest absolute Gasteiger partial charge is 0.478 e. The molecule has 0 amide bonds. The fourth-order valence-electron chi connectivity index (χ4n) is 1.41. The predicted octanol–water partition coefficient (Wildman–Crippen LogP) is 3.17. The summed E-state index contributed by atoms with van der Waals surface area (Å²) < 4.78 is 5.52. The lowest BCUT2D eigenvalue weighted by molar-refractivity contribution is -0.152. The molecule has 0 heterocycles. The Morgan fingerprint density at radius 1 is 1.47 bits per heavy atom. The number of carboxylic acids is 1. The lowest BCUT2D eigenvalue weighted by Gasteiger charge is -2.23. The first-order valence-corrected chi connectivity index (χ1v) is 6.57. The Hall–Kier alpha value is -1.03. The summed E-state index contributed by atoms with van der Waals surface area (Å²) in [6.07, 6.45) is 0.948. The normalized spacial score (nSPS) is 11.3. The Kier molecular flexibility index (Phi) is 4.57. The number of carboxylic acid groups (broad SMARTS) is 1. The van der Waals surface area contributed by atoms with Crippen molar-refractivity contribution < 1.29 is 14.6 Å². The molecular weight excluding hydrogens is 284 g/mol. The van der Waals surface area contributed by atoms with Crippen molar-refractivity contribution in [2.45, 2.75) is 32.8 Å². The zero-order valence-corrected chi connectivity index (χ0v) is 11.9. The van der Waals surface area contributed by atoms with Gasteiger partial charge in [-0.3, -0.25) is 0 Å². The fraction of sp³-hybridized carbons (Fsp3) is 0.462. The molecule has 1 rings (SSSR count). The molecule has 94 valence electrons.